The summed E-state index contributed by atoms with van der Waals surface area (Å²) in [5, 5.41) is 7.35. The van der Waals surface area contributed by atoms with Crippen LogP contribution in [0.5, 0.6) is 0 Å². The van der Waals surface area contributed by atoms with E-state index in [2.05, 4.69) is 48.5 Å². The molecule has 0 spiro atoms. The summed E-state index contributed by atoms with van der Waals surface area (Å²) < 4.78 is 1.66. The predicted molar refractivity (Wildman–Crippen MR) is 89.0 cm³/mol. The van der Waals surface area contributed by atoms with Gasteiger partial charge in [0, 0.05) is 13.6 Å². The maximum absolute atomic E-state index is 12.2. The minimum absolute atomic E-state index is 0.0402. The van der Waals surface area contributed by atoms with E-state index in [1.165, 1.54) is 5.56 Å². The number of unbranched alkanes of at least 4 members (excludes halogenated alkanes) is 1. The lowest BCUT2D eigenvalue weighted by Gasteiger charge is -2.05. The molecule has 1 N–H and O–H groups in total. The Kier molecular flexibility index (Phi) is 5.75. The van der Waals surface area contributed by atoms with Crippen molar-refractivity contribution in [2.45, 2.75) is 39.0 Å². The highest BCUT2D eigenvalue weighted by atomic mass is 16.2. The van der Waals surface area contributed by atoms with Crippen molar-refractivity contribution >= 4 is 5.91 Å². The fourth-order valence-corrected chi connectivity index (χ4v) is 2.38. The molecular weight excluding hydrogens is 274 g/mol. The molecule has 0 bridgehead atoms. The van der Waals surface area contributed by atoms with Gasteiger partial charge in [-0.1, -0.05) is 44.2 Å². The Morgan fingerprint density at radius 3 is 2.59 bits per heavy atom. The van der Waals surface area contributed by atoms with Crippen LogP contribution >= 0.6 is 0 Å². The number of hydrogen-bond acceptors (Lipinski definition) is 2. The Morgan fingerprint density at radius 1 is 1.23 bits per heavy atom. The molecule has 0 saturated heterocycles. The Labute approximate surface area is 132 Å². The van der Waals surface area contributed by atoms with Crippen molar-refractivity contribution in [1.29, 1.82) is 0 Å². The topological polar surface area (TPSA) is 46.9 Å². The molecule has 22 heavy (non-hydrogen) atoms. The lowest BCUT2D eigenvalue weighted by molar-refractivity contribution is 0.0943. The summed E-state index contributed by atoms with van der Waals surface area (Å²) in [7, 11) is 1.82. The number of aromatic nitrogens is 2. The summed E-state index contributed by atoms with van der Waals surface area (Å²) >= 11 is 0. The molecule has 1 aromatic carbocycles. The first kappa shape index (κ1) is 16.3. The van der Waals surface area contributed by atoms with Crippen molar-refractivity contribution in [2.24, 2.45) is 7.05 Å². The fourth-order valence-electron chi connectivity index (χ4n) is 2.38. The van der Waals surface area contributed by atoms with E-state index in [1.54, 1.807) is 4.68 Å². The van der Waals surface area contributed by atoms with Crippen molar-refractivity contribution in [1.82, 2.24) is 15.1 Å². The van der Waals surface area contributed by atoms with Gasteiger partial charge in [0.15, 0.2) is 0 Å². The van der Waals surface area contributed by atoms with Crippen molar-refractivity contribution in [3.8, 4) is 0 Å². The molecule has 2 aromatic rings. The molecule has 0 aliphatic rings. The molecule has 0 aliphatic carbocycles. The highest BCUT2D eigenvalue weighted by molar-refractivity contribution is 5.92. The highest BCUT2D eigenvalue weighted by Gasteiger charge is 2.14. The highest BCUT2D eigenvalue weighted by Crippen LogP contribution is 2.13. The summed E-state index contributed by atoms with van der Waals surface area (Å²) in [5.41, 5.74) is 2.94. The van der Waals surface area contributed by atoms with E-state index in [4.69, 9.17) is 0 Å². The van der Waals surface area contributed by atoms with E-state index in [1.807, 2.05) is 19.2 Å². The average molecular weight is 299 g/mol. The summed E-state index contributed by atoms with van der Waals surface area (Å²) in [6.45, 7) is 4.86. The van der Waals surface area contributed by atoms with E-state index in [9.17, 15) is 4.79 Å². The first-order valence-corrected chi connectivity index (χ1v) is 7.94. The van der Waals surface area contributed by atoms with Crippen molar-refractivity contribution in [3.05, 3.63) is 53.3 Å². The zero-order valence-corrected chi connectivity index (χ0v) is 13.7. The van der Waals surface area contributed by atoms with E-state index < -0.39 is 0 Å². The van der Waals surface area contributed by atoms with Gasteiger partial charge in [-0.25, -0.2) is 0 Å². The van der Waals surface area contributed by atoms with E-state index in [-0.39, 0.29) is 5.91 Å². The number of carbonyl (C=O) groups excluding carboxylic acids is 1. The van der Waals surface area contributed by atoms with Gasteiger partial charge in [-0.05, 0) is 36.8 Å². The summed E-state index contributed by atoms with van der Waals surface area (Å²) in [5.74, 6) is 0.292. The summed E-state index contributed by atoms with van der Waals surface area (Å²) in [4.78, 5) is 12.2. The Balaban J connectivity index is 1.74. The van der Waals surface area contributed by atoms with Gasteiger partial charge in [0.2, 0.25) is 0 Å². The Bertz CT molecular complexity index is 602. The van der Waals surface area contributed by atoms with Crippen molar-refractivity contribution in [3.63, 3.8) is 0 Å². The van der Waals surface area contributed by atoms with Crippen LogP contribution in [0.15, 0.2) is 36.4 Å². The fraction of sp³-hybridized carbons (Fsp3) is 0.444. The van der Waals surface area contributed by atoms with Crippen LogP contribution < -0.4 is 5.32 Å². The largest absolute Gasteiger partial charge is 0.351 e. The normalized spacial score (nSPS) is 10.9. The maximum Gasteiger partial charge on any atom is 0.269 e. The van der Waals surface area contributed by atoms with Gasteiger partial charge in [0.1, 0.15) is 5.69 Å². The lowest BCUT2D eigenvalue weighted by atomic mass is 10.1. The number of aryl methyl sites for hydroxylation is 2. The van der Waals surface area contributed by atoms with Gasteiger partial charge in [-0.3, -0.25) is 9.48 Å². The smallest absolute Gasteiger partial charge is 0.269 e. The molecule has 4 nitrogen and oxygen atoms in total. The molecule has 1 aromatic heterocycles. The number of nitrogens with zero attached hydrogens (tertiary/aromatic N) is 2. The van der Waals surface area contributed by atoms with E-state index in [0.29, 0.717) is 18.2 Å². The van der Waals surface area contributed by atoms with Crippen LogP contribution in [0.1, 0.15) is 54.4 Å². The van der Waals surface area contributed by atoms with Crippen LogP contribution in [-0.4, -0.2) is 22.2 Å². The Morgan fingerprint density at radius 2 is 1.95 bits per heavy atom. The van der Waals surface area contributed by atoms with Gasteiger partial charge in [0.05, 0.1) is 5.69 Å². The zero-order chi connectivity index (χ0) is 15.9. The number of nitrogens with one attached hydrogen (secondary N) is 1. The number of benzene rings is 1. The molecule has 0 unspecified atom stereocenters. The summed E-state index contributed by atoms with van der Waals surface area (Å²) in [6.07, 6.45) is 3.11. The first-order chi connectivity index (χ1) is 10.6. The molecule has 1 amide bonds. The van der Waals surface area contributed by atoms with Crippen LogP contribution in [0.4, 0.5) is 0 Å². The number of rotatable bonds is 7. The Hall–Kier alpha value is -2.10. The average Bonchev–Trinajstić information content (AvgIpc) is 2.90. The van der Waals surface area contributed by atoms with Crippen LogP contribution in [0, 0.1) is 0 Å². The molecule has 118 valence electrons. The SMILES string of the molecule is CC(C)c1cc(C(=O)NCCCCc2ccccc2)n(C)n1. The second-order valence-electron chi connectivity index (χ2n) is 5.93. The van der Waals surface area contributed by atoms with Gasteiger partial charge >= 0.3 is 0 Å². The monoisotopic (exact) mass is 299 g/mol. The van der Waals surface area contributed by atoms with Crippen molar-refractivity contribution < 1.29 is 4.79 Å². The minimum Gasteiger partial charge on any atom is -0.351 e. The first-order valence-electron chi connectivity index (χ1n) is 7.94. The van der Waals surface area contributed by atoms with Crippen LogP contribution in [0.2, 0.25) is 0 Å². The third-order valence-corrected chi connectivity index (χ3v) is 3.74. The second-order valence-corrected chi connectivity index (χ2v) is 5.93. The summed E-state index contributed by atoms with van der Waals surface area (Å²) in [6, 6.07) is 12.3. The van der Waals surface area contributed by atoms with E-state index >= 15 is 0 Å². The lowest BCUT2D eigenvalue weighted by Crippen LogP contribution is -2.26. The molecule has 0 saturated carbocycles. The second kappa shape index (κ2) is 7.78. The molecule has 0 atom stereocenters. The minimum atomic E-state index is -0.0402. The van der Waals surface area contributed by atoms with Crippen LogP contribution in [0.25, 0.3) is 0 Å². The predicted octanol–water partition coefficient (Wildman–Crippen LogP) is 3.30. The molecule has 0 fully saturated rings. The molecule has 4 heteroatoms. The van der Waals surface area contributed by atoms with Crippen molar-refractivity contribution in [2.75, 3.05) is 6.54 Å². The standard InChI is InChI=1S/C18H25N3O/c1-14(2)16-13-17(21(3)20-16)18(22)19-12-8-7-11-15-9-5-4-6-10-15/h4-6,9-10,13-14H,7-8,11-12H2,1-3H3,(H,19,22). The molecule has 2 rings (SSSR count). The molecule has 0 aliphatic heterocycles. The van der Waals surface area contributed by atoms with Gasteiger partial charge in [-0.15, -0.1) is 0 Å². The molecule has 0 radical (unpaired) electrons. The van der Waals surface area contributed by atoms with Gasteiger partial charge in [0.25, 0.3) is 5.91 Å². The molecule has 1 heterocycles. The van der Waals surface area contributed by atoms with Gasteiger partial charge in [-0.2, -0.15) is 5.10 Å². The maximum atomic E-state index is 12.2. The quantitative estimate of drug-likeness (QED) is 0.797. The van der Waals surface area contributed by atoms with Gasteiger partial charge < -0.3 is 5.32 Å². The number of carbonyl (C=O) groups is 1. The zero-order valence-electron chi connectivity index (χ0n) is 13.7. The third-order valence-electron chi connectivity index (χ3n) is 3.74. The van der Waals surface area contributed by atoms with Crippen LogP contribution in [-0.2, 0) is 13.5 Å². The van der Waals surface area contributed by atoms with E-state index in [0.717, 1.165) is 25.0 Å². The van der Waals surface area contributed by atoms with Crippen LogP contribution in [0.3, 0.4) is 0 Å². The number of hydrogen-bond donors (Lipinski definition) is 1. The molecular formula is C18H25N3O. The number of amides is 1. The third kappa shape index (κ3) is 4.45.